The zero-order chi connectivity index (χ0) is 12.4. The van der Waals surface area contributed by atoms with Gasteiger partial charge in [0.1, 0.15) is 5.82 Å². The molecule has 1 saturated carbocycles. The molecule has 3 rings (SSSR count). The second-order valence-electron chi connectivity index (χ2n) is 5.41. The molecule has 0 atom stereocenters. The Morgan fingerprint density at radius 3 is 2.39 bits per heavy atom. The Labute approximate surface area is 109 Å². The summed E-state index contributed by atoms with van der Waals surface area (Å²) in [6.07, 6.45) is 7.40. The fourth-order valence-electron chi connectivity index (χ4n) is 3.17. The Morgan fingerprint density at radius 1 is 1.06 bits per heavy atom. The molecule has 0 aromatic carbocycles. The standard InChI is InChI=1S/C14H22N4/c15-12-5-6-14(16-11-12)18-9-7-17(8-10-18)13-3-1-2-4-13/h5-6,11,13H,1-4,7-10,15H2. The van der Waals surface area contributed by atoms with E-state index in [0.29, 0.717) is 0 Å². The molecule has 4 nitrogen and oxygen atoms in total. The fourth-order valence-corrected chi connectivity index (χ4v) is 3.17. The third-order valence-corrected chi connectivity index (χ3v) is 4.25. The topological polar surface area (TPSA) is 45.4 Å². The zero-order valence-corrected chi connectivity index (χ0v) is 10.9. The smallest absolute Gasteiger partial charge is 0.128 e. The minimum absolute atomic E-state index is 0.739. The van der Waals surface area contributed by atoms with E-state index in [0.717, 1.165) is 30.6 Å². The van der Waals surface area contributed by atoms with Gasteiger partial charge in [-0.25, -0.2) is 4.98 Å². The number of aromatic nitrogens is 1. The molecule has 0 radical (unpaired) electrons. The van der Waals surface area contributed by atoms with Gasteiger partial charge in [-0.15, -0.1) is 0 Å². The first-order chi connectivity index (χ1) is 8.83. The minimum Gasteiger partial charge on any atom is -0.397 e. The molecule has 4 heteroatoms. The second-order valence-corrected chi connectivity index (χ2v) is 5.41. The van der Waals surface area contributed by atoms with E-state index in [9.17, 15) is 0 Å². The van der Waals surface area contributed by atoms with Crippen molar-refractivity contribution >= 4 is 11.5 Å². The van der Waals surface area contributed by atoms with Gasteiger partial charge in [-0.2, -0.15) is 0 Å². The van der Waals surface area contributed by atoms with Crippen LogP contribution in [0, 0.1) is 0 Å². The number of hydrogen-bond acceptors (Lipinski definition) is 4. The predicted octanol–water partition coefficient (Wildman–Crippen LogP) is 1.73. The number of nitrogens with two attached hydrogens (primary N) is 1. The summed E-state index contributed by atoms with van der Waals surface area (Å²) in [6, 6.07) is 4.82. The van der Waals surface area contributed by atoms with Gasteiger partial charge in [0.15, 0.2) is 0 Å². The van der Waals surface area contributed by atoms with Gasteiger partial charge < -0.3 is 10.6 Å². The van der Waals surface area contributed by atoms with Gasteiger partial charge in [-0.3, -0.25) is 4.90 Å². The van der Waals surface area contributed by atoms with Crippen molar-refractivity contribution in [1.82, 2.24) is 9.88 Å². The van der Waals surface area contributed by atoms with E-state index in [1.807, 2.05) is 12.1 Å². The first-order valence-electron chi connectivity index (χ1n) is 7.03. The van der Waals surface area contributed by atoms with Crippen LogP contribution < -0.4 is 10.6 Å². The maximum absolute atomic E-state index is 5.67. The Hall–Kier alpha value is -1.29. The highest BCUT2D eigenvalue weighted by molar-refractivity contribution is 5.46. The molecule has 1 saturated heterocycles. The summed E-state index contributed by atoms with van der Waals surface area (Å²) in [5.41, 5.74) is 6.41. The third-order valence-electron chi connectivity index (χ3n) is 4.25. The summed E-state index contributed by atoms with van der Waals surface area (Å²) in [7, 11) is 0. The number of pyridine rings is 1. The maximum Gasteiger partial charge on any atom is 0.128 e. The summed E-state index contributed by atoms with van der Waals surface area (Å²) < 4.78 is 0. The van der Waals surface area contributed by atoms with Crippen molar-refractivity contribution in [2.45, 2.75) is 31.7 Å². The van der Waals surface area contributed by atoms with Crippen molar-refractivity contribution in [1.29, 1.82) is 0 Å². The van der Waals surface area contributed by atoms with E-state index in [2.05, 4.69) is 14.8 Å². The summed E-state index contributed by atoms with van der Waals surface area (Å²) >= 11 is 0. The molecule has 2 fully saturated rings. The molecule has 2 N–H and O–H groups in total. The van der Waals surface area contributed by atoms with Crippen molar-refractivity contribution in [2.75, 3.05) is 36.8 Å². The highest BCUT2D eigenvalue weighted by atomic mass is 15.3. The lowest BCUT2D eigenvalue weighted by molar-refractivity contribution is 0.187. The molecular formula is C14H22N4. The molecule has 1 aromatic rings. The average Bonchev–Trinajstić information content (AvgIpc) is 2.94. The zero-order valence-electron chi connectivity index (χ0n) is 10.9. The normalized spacial score (nSPS) is 22.6. The van der Waals surface area contributed by atoms with E-state index in [1.54, 1.807) is 6.20 Å². The molecule has 0 unspecified atom stereocenters. The maximum atomic E-state index is 5.67. The second kappa shape index (κ2) is 5.14. The van der Waals surface area contributed by atoms with Gasteiger partial charge in [-0.05, 0) is 25.0 Å². The molecule has 0 bridgehead atoms. The third kappa shape index (κ3) is 2.43. The van der Waals surface area contributed by atoms with Crippen LogP contribution >= 0.6 is 0 Å². The van der Waals surface area contributed by atoms with E-state index < -0.39 is 0 Å². The van der Waals surface area contributed by atoms with Crippen LogP contribution in [-0.4, -0.2) is 42.1 Å². The van der Waals surface area contributed by atoms with E-state index in [1.165, 1.54) is 38.8 Å². The molecule has 1 aliphatic heterocycles. The number of anilines is 2. The van der Waals surface area contributed by atoms with Crippen LogP contribution in [0.15, 0.2) is 18.3 Å². The van der Waals surface area contributed by atoms with Crippen LogP contribution in [0.25, 0.3) is 0 Å². The SMILES string of the molecule is Nc1ccc(N2CCN(C3CCCC3)CC2)nc1. The Morgan fingerprint density at radius 2 is 1.78 bits per heavy atom. The Balaban J connectivity index is 1.57. The molecule has 0 amide bonds. The summed E-state index contributed by atoms with van der Waals surface area (Å²) in [5, 5.41) is 0. The van der Waals surface area contributed by atoms with Gasteiger partial charge in [0, 0.05) is 32.2 Å². The van der Waals surface area contributed by atoms with Crippen molar-refractivity contribution < 1.29 is 0 Å². The largest absolute Gasteiger partial charge is 0.397 e. The molecule has 2 aliphatic rings. The summed E-state index contributed by atoms with van der Waals surface area (Å²) in [4.78, 5) is 9.44. The predicted molar refractivity (Wildman–Crippen MR) is 74.7 cm³/mol. The van der Waals surface area contributed by atoms with Gasteiger partial charge in [-0.1, -0.05) is 12.8 Å². The van der Waals surface area contributed by atoms with Gasteiger partial charge in [0.25, 0.3) is 0 Å². The first-order valence-corrected chi connectivity index (χ1v) is 7.03. The first kappa shape index (κ1) is 11.8. The lowest BCUT2D eigenvalue weighted by Crippen LogP contribution is -2.49. The molecule has 1 aromatic heterocycles. The van der Waals surface area contributed by atoms with Crippen LogP contribution in [0.5, 0.6) is 0 Å². The van der Waals surface area contributed by atoms with Crippen LogP contribution in [0.2, 0.25) is 0 Å². The minimum atomic E-state index is 0.739. The van der Waals surface area contributed by atoms with Gasteiger partial charge >= 0.3 is 0 Å². The van der Waals surface area contributed by atoms with Crippen molar-refractivity contribution in [3.63, 3.8) is 0 Å². The van der Waals surface area contributed by atoms with Crippen molar-refractivity contribution in [3.8, 4) is 0 Å². The lowest BCUT2D eigenvalue weighted by Gasteiger charge is -2.38. The van der Waals surface area contributed by atoms with Gasteiger partial charge in [0.05, 0.1) is 11.9 Å². The van der Waals surface area contributed by atoms with E-state index >= 15 is 0 Å². The van der Waals surface area contributed by atoms with Crippen molar-refractivity contribution in [2.24, 2.45) is 0 Å². The highest BCUT2D eigenvalue weighted by Crippen LogP contribution is 2.25. The highest BCUT2D eigenvalue weighted by Gasteiger charge is 2.26. The molecule has 0 spiro atoms. The molecule has 2 heterocycles. The summed E-state index contributed by atoms with van der Waals surface area (Å²) in [6.45, 7) is 4.54. The fraction of sp³-hybridized carbons (Fsp3) is 0.643. The molecule has 1 aliphatic carbocycles. The quantitative estimate of drug-likeness (QED) is 0.863. The van der Waals surface area contributed by atoms with Crippen molar-refractivity contribution in [3.05, 3.63) is 18.3 Å². The van der Waals surface area contributed by atoms with Crippen LogP contribution in [-0.2, 0) is 0 Å². The van der Waals surface area contributed by atoms with E-state index in [-0.39, 0.29) is 0 Å². The number of nitrogens with zero attached hydrogens (tertiary/aromatic N) is 3. The molecule has 18 heavy (non-hydrogen) atoms. The molecule has 98 valence electrons. The van der Waals surface area contributed by atoms with Crippen LogP contribution in [0.4, 0.5) is 11.5 Å². The Kier molecular flexibility index (Phi) is 3.37. The average molecular weight is 246 g/mol. The number of nitrogen functional groups attached to an aromatic ring is 1. The van der Waals surface area contributed by atoms with Crippen LogP contribution in [0.1, 0.15) is 25.7 Å². The number of hydrogen-bond donors (Lipinski definition) is 1. The summed E-state index contributed by atoms with van der Waals surface area (Å²) in [5.74, 6) is 1.07. The number of piperazine rings is 1. The van der Waals surface area contributed by atoms with Crippen LogP contribution in [0.3, 0.4) is 0 Å². The Bertz CT molecular complexity index is 375. The van der Waals surface area contributed by atoms with Gasteiger partial charge in [0.2, 0.25) is 0 Å². The lowest BCUT2D eigenvalue weighted by atomic mass is 10.2. The van der Waals surface area contributed by atoms with E-state index in [4.69, 9.17) is 5.73 Å². The monoisotopic (exact) mass is 246 g/mol. The molecular weight excluding hydrogens is 224 g/mol. The number of rotatable bonds is 2.